The van der Waals surface area contributed by atoms with E-state index >= 15 is 0 Å². The van der Waals surface area contributed by atoms with E-state index in [9.17, 15) is 0 Å². The zero-order valence-corrected chi connectivity index (χ0v) is 6.25. The minimum absolute atomic E-state index is 0. The van der Waals surface area contributed by atoms with Crippen LogP contribution in [-0.4, -0.2) is 0 Å². The van der Waals surface area contributed by atoms with Crippen LogP contribution in [0.4, 0.5) is 0 Å². The van der Waals surface area contributed by atoms with Crippen LogP contribution < -0.4 is 6.15 Å². The third-order valence-corrected chi connectivity index (χ3v) is 0. The summed E-state index contributed by atoms with van der Waals surface area (Å²) in [5.41, 5.74) is 0. The van der Waals surface area contributed by atoms with Crippen molar-refractivity contribution >= 4 is 0 Å². The van der Waals surface area contributed by atoms with Crippen molar-refractivity contribution in [3.8, 4) is 19.7 Å². The van der Waals surface area contributed by atoms with Crippen LogP contribution in [0.5, 0.6) is 0 Å². The summed E-state index contributed by atoms with van der Waals surface area (Å²) in [4.78, 5) is 0. The number of rotatable bonds is 0. The van der Waals surface area contributed by atoms with E-state index in [1.54, 1.807) is 0 Å². The predicted octanol–water partition coefficient (Wildman–Crippen LogP) is 0.579. The van der Waals surface area contributed by atoms with Gasteiger partial charge in [-0.05, 0) is 0 Å². The molecule has 0 saturated carbocycles. The van der Waals surface area contributed by atoms with E-state index in [1.165, 1.54) is 0 Å². The van der Waals surface area contributed by atoms with E-state index in [1.807, 2.05) is 0 Å². The van der Waals surface area contributed by atoms with E-state index in [0.717, 1.165) is 0 Å². The number of nitriles is 3. The summed E-state index contributed by atoms with van der Waals surface area (Å²) in [6.07, 6.45) is 0. The first-order valence-corrected chi connectivity index (χ1v) is 0.775. The quantitative estimate of drug-likeness (QED) is 0.659. The fourth-order valence-electron chi connectivity index (χ4n) is 0. The van der Waals surface area contributed by atoms with Crippen LogP contribution in [0.1, 0.15) is 0 Å². The van der Waals surface area contributed by atoms with Crippen molar-refractivity contribution in [3.05, 3.63) is 0 Å². The van der Waals surface area contributed by atoms with Gasteiger partial charge < -0.3 is 6.15 Å². The van der Waals surface area contributed by atoms with Crippen LogP contribution >= 0.6 is 0 Å². The van der Waals surface area contributed by atoms with Gasteiger partial charge in [0.2, 0.25) is 0 Å². The molecule has 0 aromatic rings. The van der Waals surface area contributed by atoms with Gasteiger partial charge in [-0.1, -0.05) is 0 Å². The second-order valence-electron chi connectivity index (χ2n) is 0. The molecule has 8 heavy (non-hydrogen) atoms. The van der Waals surface area contributed by atoms with Gasteiger partial charge in [0.05, 0.1) is 0 Å². The first kappa shape index (κ1) is 58.0. The fraction of sp³-hybridized carbons (Fsp3) is 0. The van der Waals surface area contributed by atoms with Gasteiger partial charge in [0.15, 0.2) is 0 Å². The molecule has 0 atom stereocenters. The Morgan fingerprint density at radius 1 is 0.625 bits per heavy atom. The maximum Gasteiger partial charge on any atom is 0.0462 e. The summed E-state index contributed by atoms with van der Waals surface area (Å²) < 4.78 is 0. The minimum atomic E-state index is 0. The first-order valence-electron chi connectivity index (χ1n) is 0.775. The Labute approximate surface area is 64.4 Å². The van der Waals surface area contributed by atoms with Crippen molar-refractivity contribution in [1.82, 2.24) is 6.15 Å². The molecule has 0 fully saturated rings. The first-order chi connectivity index (χ1) is 3.00. The molecule has 0 amide bonds. The molecule has 0 aromatic heterocycles. The van der Waals surface area contributed by atoms with Crippen LogP contribution in [-0.2, 0) is 22.4 Å². The van der Waals surface area contributed by atoms with Gasteiger partial charge in [-0.15, -0.1) is 0 Å². The Morgan fingerprint density at radius 3 is 0.625 bits per heavy atom. The van der Waals surface area contributed by atoms with Gasteiger partial charge in [-0.2, -0.15) is 0 Å². The summed E-state index contributed by atoms with van der Waals surface area (Å²) in [7, 11) is 0. The average Bonchev–Trinajstić information content (AvgIpc) is 1.81. The predicted molar refractivity (Wildman–Crippen MR) is 25.0 cm³/mol. The van der Waals surface area contributed by atoms with Crippen molar-refractivity contribution in [2.24, 2.45) is 0 Å². The molecule has 0 aromatic carbocycles. The standard InChI is InChI=1S/3CHN.Au.H3N/c3*1-2;;/h3*1H;;1H3. The molecular formula is C3H6AuN4. The van der Waals surface area contributed by atoms with Crippen molar-refractivity contribution in [2.45, 2.75) is 0 Å². The second kappa shape index (κ2) is 240. The molecular weight excluding hydrogens is 289 g/mol. The van der Waals surface area contributed by atoms with Gasteiger partial charge in [0, 0.05) is 42.1 Å². The van der Waals surface area contributed by atoms with Crippen molar-refractivity contribution in [2.75, 3.05) is 0 Å². The van der Waals surface area contributed by atoms with Crippen LogP contribution in [0.3, 0.4) is 0 Å². The number of hydrogen-bond acceptors (Lipinski definition) is 4. The van der Waals surface area contributed by atoms with Crippen LogP contribution in [0.2, 0.25) is 0 Å². The summed E-state index contributed by atoms with van der Waals surface area (Å²) in [5.74, 6) is 0. The largest absolute Gasteiger partial charge is 0.344 e. The van der Waals surface area contributed by atoms with Crippen LogP contribution in [0.25, 0.3) is 0 Å². The minimum Gasteiger partial charge on any atom is -0.344 e. The van der Waals surface area contributed by atoms with Crippen LogP contribution in [0.15, 0.2) is 0 Å². The summed E-state index contributed by atoms with van der Waals surface area (Å²) >= 11 is 0. The van der Waals surface area contributed by atoms with Gasteiger partial charge >= 0.3 is 0 Å². The van der Waals surface area contributed by atoms with Crippen molar-refractivity contribution in [1.29, 1.82) is 15.8 Å². The van der Waals surface area contributed by atoms with Gasteiger partial charge in [-0.25, -0.2) is 15.8 Å². The molecule has 1 radical (unpaired) electrons. The maximum absolute atomic E-state index is 6.50. The number of nitrogens with zero attached hydrogens (tertiary/aromatic N) is 3. The molecule has 0 aliphatic heterocycles. The van der Waals surface area contributed by atoms with Crippen molar-refractivity contribution < 1.29 is 22.4 Å². The molecule has 0 unspecified atom stereocenters. The Bertz CT molecular complexity index is 39.8. The summed E-state index contributed by atoms with van der Waals surface area (Å²) in [5, 5.41) is 19.5. The third kappa shape index (κ3) is 131. The van der Waals surface area contributed by atoms with Crippen LogP contribution in [0, 0.1) is 35.5 Å². The Balaban J connectivity index is -0.00000000500. The van der Waals surface area contributed by atoms with E-state index < -0.39 is 0 Å². The van der Waals surface area contributed by atoms with Gasteiger partial charge in [0.25, 0.3) is 0 Å². The molecule has 4 nitrogen and oxygen atoms in total. The van der Waals surface area contributed by atoms with Crippen molar-refractivity contribution in [3.63, 3.8) is 0 Å². The molecule has 0 rings (SSSR count). The smallest absolute Gasteiger partial charge is 0.0462 e. The Hall–Kier alpha value is -0.830. The molecule has 0 heterocycles. The normalized spacial score (nSPS) is 0.750. The molecule has 0 bridgehead atoms. The number of hydrogen-bond donors (Lipinski definition) is 1. The topological polar surface area (TPSA) is 106 Å². The monoisotopic (exact) mass is 295 g/mol. The Morgan fingerprint density at radius 2 is 0.625 bits per heavy atom. The molecule has 5 heteroatoms. The van der Waals surface area contributed by atoms with Gasteiger partial charge in [-0.3, -0.25) is 0 Å². The third-order valence-electron chi connectivity index (χ3n) is 0. The summed E-state index contributed by atoms with van der Waals surface area (Å²) in [6.45, 7) is 10.5. The van der Waals surface area contributed by atoms with E-state index in [0.29, 0.717) is 0 Å². The fourth-order valence-corrected chi connectivity index (χ4v) is 0. The maximum atomic E-state index is 6.50. The van der Waals surface area contributed by atoms with E-state index in [4.69, 9.17) is 15.8 Å². The zero-order valence-electron chi connectivity index (χ0n) is 4.08. The summed E-state index contributed by atoms with van der Waals surface area (Å²) in [6, 6.07) is 0. The zero-order chi connectivity index (χ0) is 6.00. The molecule has 0 aliphatic carbocycles. The van der Waals surface area contributed by atoms with Gasteiger partial charge in [0.1, 0.15) is 0 Å². The second-order valence-corrected chi connectivity index (χ2v) is 0. The molecule has 0 aliphatic rings. The average molecular weight is 295 g/mol. The van der Waals surface area contributed by atoms with E-state index in [2.05, 4.69) is 19.7 Å². The molecule has 0 spiro atoms. The molecule has 3 N–H and O–H groups in total. The molecule has 49 valence electrons. The SMILES string of the molecule is C#N.C#N.C#N.N.[Au]. The van der Waals surface area contributed by atoms with E-state index in [-0.39, 0.29) is 28.5 Å². The Kier molecular flexibility index (Phi) is 1740. The molecule has 0 saturated heterocycles.